The Morgan fingerprint density at radius 2 is 1.68 bits per heavy atom. The van der Waals surface area contributed by atoms with Gasteiger partial charge in [0.15, 0.2) is 0 Å². The summed E-state index contributed by atoms with van der Waals surface area (Å²) in [7, 11) is 3.40. The van der Waals surface area contributed by atoms with Crippen molar-refractivity contribution in [3.05, 3.63) is 0 Å². The molecule has 0 heterocycles. The van der Waals surface area contributed by atoms with Crippen LogP contribution in [0, 0.1) is 0 Å². The number of carbonyl (C=O) groups is 2. The summed E-state index contributed by atoms with van der Waals surface area (Å²) in [6.45, 7) is 2.60. The molecule has 1 aliphatic rings. The van der Waals surface area contributed by atoms with Crippen LogP contribution in [0.5, 0.6) is 0 Å². The first kappa shape index (κ1) is 16.0. The molecule has 0 aromatic heterocycles. The summed E-state index contributed by atoms with van der Waals surface area (Å²) in [5.41, 5.74) is 5.94. The maximum absolute atomic E-state index is 12.3. The van der Waals surface area contributed by atoms with E-state index in [4.69, 9.17) is 5.73 Å². The molecule has 5 heteroatoms. The number of hydrogen-bond donors (Lipinski definition) is 1. The van der Waals surface area contributed by atoms with E-state index in [1.807, 2.05) is 6.92 Å². The first-order chi connectivity index (χ1) is 8.88. The highest BCUT2D eigenvalue weighted by atomic mass is 16.2. The lowest BCUT2D eigenvalue weighted by molar-refractivity contribution is -0.140. The zero-order valence-electron chi connectivity index (χ0n) is 12.4. The molecule has 1 rings (SSSR count). The summed E-state index contributed by atoms with van der Waals surface area (Å²) < 4.78 is 0. The molecule has 2 N–H and O–H groups in total. The van der Waals surface area contributed by atoms with Crippen LogP contribution in [-0.2, 0) is 9.59 Å². The van der Waals surface area contributed by atoms with Crippen molar-refractivity contribution in [1.29, 1.82) is 0 Å². The summed E-state index contributed by atoms with van der Waals surface area (Å²) >= 11 is 0. The van der Waals surface area contributed by atoms with Crippen LogP contribution in [0.15, 0.2) is 0 Å². The van der Waals surface area contributed by atoms with Gasteiger partial charge in [-0.3, -0.25) is 9.59 Å². The van der Waals surface area contributed by atoms with E-state index in [1.165, 1.54) is 11.3 Å². The molecule has 0 spiro atoms. The minimum absolute atomic E-state index is 0.00194. The van der Waals surface area contributed by atoms with Crippen molar-refractivity contribution < 1.29 is 9.59 Å². The van der Waals surface area contributed by atoms with E-state index >= 15 is 0 Å². The third-order valence-corrected chi connectivity index (χ3v) is 3.91. The summed E-state index contributed by atoms with van der Waals surface area (Å²) in [5.74, 6) is -0.0491. The van der Waals surface area contributed by atoms with Gasteiger partial charge in [-0.05, 0) is 19.8 Å². The van der Waals surface area contributed by atoms with E-state index in [2.05, 4.69) is 0 Å². The summed E-state index contributed by atoms with van der Waals surface area (Å²) in [5, 5.41) is 0. The van der Waals surface area contributed by atoms with Gasteiger partial charge in [-0.15, -0.1) is 0 Å². The highest BCUT2D eigenvalue weighted by Crippen LogP contribution is 2.29. The summed E-state index contributed by atoms with van der Waals surface area (Å²) in [6, 6.07) is 0. The van der Waals surface area contributed by atoms with Gasteiger partial charge in [0.05, 0.1) is 6.54 Å². The molecule has 1 aliphatic carbocycles. The van der Waals surface area contributed by atoms with E-state index in [9.17, 15) is 9.59 Å². The monoisotopic (exact) mass is 269 g/mol. The molecule has 0 bridgehead atoms. The predicted octanol–water partition coefficient (Wildman–Crippen LogP) is 0.975. The Labute approximate surface area is 116 Å². The number of nitrogens with zero attached hydrogens (tertiary/aromatic N) is 2. The highest BCUT2D eigenvalue weighted by molar-refractivity contribution is 5.85. The lowest BCUT2D eigenvalue weighted by atomic mass is 9.80. The van der Waals surface area contributed by atoms with Gasteiger partial charge < -0.3 is 15.5 Å². The molecule has 0 unspecified atom stereocenters. The topological polar surface area (TPSA) is 66.6 Å². The molecular weight excluding hydrogens is 242 g/mol. The van der Waals surface area contributed by atoms with Crippen LogP contribution in [0.4, 0.5) is 0 Å². The Morgan fingerprint density at radius 3 is 2.16 bits per heavy atom. The average molecular weight is 269 g/mol. The fraction of sp³-hybridized carbons (Fsp3) is 0.857. The normalized spacial score (nSPS) is 17.9. The molecule has 0 aliphatic heterocycles. The van der Waals surface area contributed by atoms with Gasteiger partial charge in [-0.25, -0.2) is 0 Å². The van der Waals surface area contributed by atoms with Gasteiger partial charge in [0.1, 0.15) is 0 Å². The lowest BCUT2D eigenvalue weighted by Crippen LogP contribution is -2.48. The molecule has 0 atom stereocenters. The molecule has 1 fully saturated rings. The molecule has 19 heavy (non-hydrogen) atoms. The fourth-order valence-electron chi connectivity index (χ4n) is 2.53. The van der Waals surface area contributed by atoms with Crippen molar-refractivity contribution in [2.75, 3.05) is 27.2 Å². The third kappa shape index (κ3) is 4.82. The fourth-order valence-corrected chi connectivity index (χ4v) is 2.53. The maximum Gasteiger partial charge on any atom is 0.241 e. The third-order valence-electron chi connectivity index (χ3n) is 3.91. The second-order valence-corrected chi connectivity index (χ2v) is 5.80. The van der Waals surface area contributed by atoms with Gasteiger partial charge in [0.25, 0.3) is 0 Å². The lowest BCUT2D eigenvalue weighted by Gasteiger charge is -2.34. The Morgan fingerprint density at radius 1 is 1.11 bits per heavy atom. The minimum atomic E-state index is -0.357. The molecule has 0 radical (unpaired) electrons. The van der Waals surface area contributed by atoms with Crippen molar-refractivity contribution in [2.45, 2.75) is 51.0 Å². The largest absolute Gasteiger partial charge is 0.347 e. The smallest absolute Gasteiger partial charge is 0.241 e. The predicted molar refractivity (Wildman–Crippen MR) is 75.6 cm³/mol. The molecule has 110 valence electrons. The number of rotatable bonds is 5. The second kappa shape index (κ2) is 6.89. The first-order valence-corrected chi connectivity index (χ1v) is 7.15. The molecule has 0 aromatic rings. The van der Waals surface area contributed by atoms with Gasteiger partial charge in [-0.2, -0.15) is 0 Å². The Bertz CT molecular complexity index is 323. The molecular formula is C14H27N3O2. The number of nitrogens with two attached hydrogens (primary N) is 1. The highest BCUT2D eigenvalue weighted by Gasteiger charge is 2.31. The average Bonchev–Trinajstić information content (AvgIpc) is 2.35. The molecule has 5 nitrogen and oxygen atoms in total. The van der Waals surface area contributed by atoms with Crippen molar-refractivity contribution in [3.63, 3.8) is 0 Å². The second-order valence-electron chi connectivity index (χ2n) is 5.80. The summed E-state index contributed by atoms with van der Waals surface area (Å²) in [4.78, 5) is 27.1. The maximum atomic E-state index is 12.3. The first-order valence-electron chi connectivity index (χ1n) is 7.15. The zero-order valence-corrected chi connectivity index (χ0v) is 12.4. The molecule has 1 saturated carbocycles. The van der Waals surface area contributed by atoms with Crippen LogP contribution < -0.4 is 5.73 Å². The van der Waals surface area contributed by atoms with Crippen LogP contribution in [0.1, 0.15) is 45.4 Å². The minimum Gasteiger partial charge on any atom is -0.347 e. The number of hydrogen-bond acceptors (Lipinski definition) is 3. The van der Waals surface area contributed by atoms with E-state index in [1.54, 1.807) is 19.0 Å². The van der Waals surface area contributed by atoms with Gasteiger partial charge in [0, 0.05) is 32.6 Å². The van der Waals surface area contributed by atoms with Gasteiger partial charge in [-0.1, -0.05) is 19.3 Å². The Hall–Kier alpha value is -1.10. The molecule has 2 amide bonds. The van der Waals surface area contributed by atoms with Crippen LogP contribution in [0.2, 0.25) is 0 Å². The van der Waals surface area contributed by atoms with Crippen molar-refractivity contribution in [2.24, 2.45) is 5.73 Å². The molecule has 0 aromatic carbocycles. The number of amides is 2. The van der Waals surface area contributed by atoms with Crippen molar-refractivity contribution >= 4 is 11.8 Å². The van der Waals surface area contributed by atoms with Crippen LogP contribution in [-0.4, -0.2) is 54.3 Å². The van der Waals surface area contributed by atoms with Crippen molar-refractivity contribution in [3.8, 4) is 0 Å². The van der Waals surface area contributed by atoms with Crippen LogP contribution in [0.3, 0.4) is 0 Å². The Kier molecular flexibility index (Phi) is 5.79. The SMILES string of the molecule is CCN(CC(=O)N(C)C)C(=O)CC1(N)CCCCC1. The van der Waals surface area contributed by atoms with E-state index in [0.717, 1.165) is 25.7 Å². The molecule has 0 saturated heterocycles. The van der Waals surface area contributed by atoms with Crippen LogP contribution in [0.25, 0.3) is 0 Å². The number of carbonyl (C=O) groups excluding carboxylic acids is 2. The van der Waals surface area contributed by atoms with E-state index in [0.29, 0.717) is 13.0 Å². The van der Waals surface area contributed by atoms with E-state index in [-0.39, 0.29) is 23.9 Å². The Balaban J connectivity index is 2.56. The van der Waals surface area contributed by atoms with Crippen LogP contribution >= 0.6 is 0 Å². The van der Waals surface area contributed by atoms with Gasteiger partial charge in [0.2, 0.25) is 11.8 Å². The number of likely N-dealkylation sites (N-methyl/N-ethyl adjacent to an activating group) is 2. The zero-order chi connectivity index (χ0) is 14.5. The quantitative estimate of drug-likeness (QED) is 0.809. The van der Waals surface area contributed by atoms with E-state index < -0.39 is 0 Å². The van der Waals surface area contributed by atoms with Gasteiger partial charge >= 0.3 is 0 Å². The summed E-state index contributed by atoms with van der Waals surface area (Å²) in [6.07, 6.45) is 5.61. The van der Waals surface area contributed by atoms with Crippen molar-refractivity contribution in [1.82, 2.24) is 9.80 Å². The standard InChI is InChI=1S/C14H27N3O2/c1-4-17(11-13(19)16(2)3)12(18)10-14(15)8-6-5-7-9-14/h4-11,15H2,1-3H3.